The molecule has 0 amide bonds. The van der Waals surface area contributed by atoms with E-state index in [1.54, 1.807) is 11.3 Å². The fourth-order valence-corrected chi connectivity index (χ4v) is 3.29. The number of anilines is 1. The molecule has 3 heterocycles. The van der Waals surface area contributed by atoms with E-state index in [1.165, 1.54) is 10.4 Å². The molecule has 3 rings (SSSR count). The van der Waals surface area contributed by atoms with E-state index in [1.807, 2.05) is 18.7 Å². The molecule has 0 radical (unpaired) electrons. The van der Waals surface area contributed by atoms with Crippen LogP contribution in [0.2, 0.25) is 0 Å². The largest absolute Gasteiger partial charge is 0.357 e. The quantitative estimate of drug-likeness (QED) is 0.805. The predicted octanol–water partition coefficient (Wildman–Crippen LogP) is 3.41. The van der Waals surface area contributed by atoms with Gasteiger partial charge in [-0.05, 0) is 38.8 Å². The first-order chi connectivity index (χ1) is 10.0. The number of nitrogens with zero attached hydrogens (tertiary/aromatic N) is 4. The van der Waals surface area contributed by atoms with Gasteiger partial charge >= 0.3 is 0 Å². The Balaban J connectivity index is 2.33. The van der Waals surface area contributed by atoms with Crippen LogP contribution in [-0.2, 0) is 6.42 Å². The molecule has 3 aromatic heterocycles. The van der Waals surface area contributed by atoms with Crippen LogP contribution < -0.4 is 5.32 Å². The van der Waals surface area contributed by atoms with Gasteiger partial charge in [0.15, 0.2) is 5.82 Å². The number of nitrogens with one attached hydrogen (secondary N) is 1. The first kappa shape index (κ1) is 14.0. The first-order valence-electron chi connectivity index (χ1n) is 7.06. The molecule has 5 nitrogen and oxygen atoms in total. The van der Waals surface area contributed by atoms with Crippen LogP contribution >= 0.6 is 11.3 Å². The highest BCUT2D eigenvalue weighted by Crippen LogP contribution is 2.30. The van der Waals surface area contributed by atoms with E-state index in [-0.39, 0.29) is 0 Å². The van der Waals surface area contributed by atoms with E-state index in [4.69, 9.17) is 0 Å². The molecule has 0 saturated heterocycles. The highest BCUT2D eigenvalue weighted by atomic mass is 32.1. The van der Waals surface area contributed by atoms with Crippen molar-refractivity contribution in [3.05, 3.63) is 27.9 Å². The van der Waals surface area contributed by atoms with Gasteiger partial charge in [-0.3, -0.25) is 0 Å². The summed E-state index contributed by atoms with van der Waals surface area (Å²) in [5, 5.41) is 8.76. The van der Waals surface area contributed by atoms with Gasteiger partial charge in [0.1, 0.15) is 4.83 Å². The molecule has 110 valence electrons. The van der Waals surface area contributed by atoms with Crippen molar-refractivity contribution in [3.63, 3.8) is 0 Å². The minimum Gasteiger partial charge on any atom is -0.357 e. The summed E-state index contributed by atoms with van der Waals surface area (Å²) in [6.45, 7) is 8.36. The fourth-order valence-electron chi connectivity index (χ4n) is 2.33. The molecule has 6 heteroatoms. The van der Waals surface area contributed by atoms with Gasteiger partial charge in [0, 0.05) is 17.6 Å². The Morgan fingerprint density at radius 2 is 2.00 bits per heavy atom. The number of aryl methyl sites for hydroxylation is 2. The van der Waals surface area contributed by atoms with Crippen molar-refractivity contribution in [1.82, 2.24) is 19.7 Å². The second-order valence-electron chi connectivity index (χ2n) is 5.11. The summed E-state index contributed by atoms with van der Waals surface area (Å²) in [6, 6.07) is 2.18. The predicted molar refractivity (Wildman–Crippen MR) is 87.7 cm³/mol. The van der Waals surface area contributed by atoms with E-state index in [9.17, 15) is 0 Å². The molecule has 0 atom stereocenters. The van der Waals surface area contributed by atoms with Crippen molar-refractivity contribution in [3.8, 4) is 5.82 Å². The summed E-state index contributed by atoms with van der Waals surface area (Å²) in [4.78, 5) is 11.5. The van der Waals surface area contributed by atoms with Crippen molar-refractivity contribution in [2.75, 3.05) is 12.4 Å². The monoisotopic (exact) mass is 301 g/mol. The van der Waals surface area contributed by atoms with Gasteiger partial charge in [0.05, 0.1) is 11.1 Å². The lowest BCUT2D eigenvalue weighted by Gasteiger charge is -2.07. The lowest BCUT2D eigenvalue weighted by Crippen LogP contribution is -2.06. The number of aromatic nitrogens is 4. The maximum Gasteiger partial charge on any atom is 0.225 e. The summed E-state index contributed by atoms with van der Waals surface area (Å²) in [5.41, 5.74) is 3.37. The van der Waals surface area contributed by atoms with Crippen LogP contribution in [0.1, 0.15) is 28.8 Å². The fraction of sp³-hybridized carbons (Fsp3) is 0.400. The number of rotatable bonds is 3. The molecule has 0 fully saturated rings. The van der Waals surface area contributed by atoms with Gasteiger partial charge in [0.25, 0.3) is 0 Å². The average molecular weight is 301 g/mol. The van der Waals surface area contributed by atoms with E-state index >= 15 is 0 Å². The normalized spacial score (nSPS) is 11.3. The zero-order chi connectivity index (χ0) is 15.1. The van der Waals surface area contributed by atoms with Crippen LogP contribution in [0.15, 0.2) is 6.07 Å². The van der Waals surface area contributed by atoms with Crippen molar-refractivity contribution >= 4 is 27.5 Å². The van der Waals surface area contributed by atoms with E-state index < -0.39 is 0 Å². The molecule has 0 aliphatic carbocycles. The molecule has 21 heavy (non-hydrogen) atoms. The molecule has 0 spiro atoms. The molecular formula is C15H19N5S. The van der Waals surface area contributed by atoms with E-state index in [0.717, 1.165) is 33.8 Å². The minimum absolute atomic E-state index is 0.632. The van der Waals surface area contributed by atoms with Gasteiger partial charge in [-0.2, -0.15) is 10.1 Å². The molecule has 0 saturated carbocycles. The Morgan fingerprint density at radius 1 is 1.24 bits per heavy atom. The van der Waals surface area contributed by atoms with Gasteiger partial charge in [-0.25, -0.2) is 9.67 Å². The van der Waals surface area contributed by atoms with E-state index in [2.05, 4.69) is 47.2 Å². The molecular weight excluding hydrogens is 282 g/mol. The summed E-state index contributed by atoms with van der Waals surface area (Å²) in [5.74, 6) is 1.49. The maximum atomic E-state index is 4.64. The van der Waals surface area contributed by atoms with Crippen molar-refractivity contribution < 1.29 is 0 Å². The summed E-state index contributed by atoms with van der Waals surface area (Å²) in [7, 11) is 1.84. The molecule has 3 aromatic rings. The SMILES string of the molecule is CCc1cc2c(-n3nc(C)c(C)c3C)nc(NC)nc2s1. The van der Waals surface area contributed by atoms with Crippen LogP contribution in [0.3, 0.4) is 0 Å². The molecule has 1 N–H and O–H groups in total. The van der Waals surface area contributed by atoms with Gasteiger partial charge in [-0.15, -0.1) is 11.3 Å². The van der Waals surface area contributed by atoms with Crippen LogP contribution in [0.25, 0.3) is 16.0 Å². The first-order valence-corrected chi connectivity index (χ1v) is 7.88. The lowest BCUT2D eigenvalue weighted by atomic mass is 10.2. The highest BCUT2D eigenvalue weighted by Gasteiger charge is 2.16. The van der Waals surface area contributed by atoms with Crippen molar-refractivity contribution in [2.45, 2.75) is 34.1 Å². The van der Waals surface area contributed by atoms with Crippen LogP contribution in [0, 0.1) is 20.8 Å². The third-order valence-corrected chi connectivity index (χ3v) is 5.02. The molecule has 0 bridgehead atoms. The van der Waals surface area contributed by atoms with Crippen LogP contribution in [-0.4, -0.2) is 26.8 Å². The Labute approximate surface area is 128 Å². The summed E-state index contributed by atoms with van der Waals surface area (Å²) < 4.78 is 1.93. The number of thiophene rings is 1. The maximum absolute atomic E-state index is 4.64. The van der Waals surface area contributed by atoms with Crippen LogP contribution in [0.5, 0.6) is 0 Å². The number of hydrogen-bond donors (Lipinski definition) is 1. The van der Waals surface area contributed by atoms with Gasteiger partial charge in [0.2, 0.25) is 5.95 Å². The van der Waals surface area contributed by atoms with Gasteiger partial charge < -0.3 is 5.32 Å². The minimum atomic E-state index is 0.632. The standard InChI is InChI=1S/C15H19N5S/c1-6-11-7-12-13(17-15(16-5)18-14(12)21-11)20-10(4)8(2)9(3)19-20/h7H,6H2,1-5H3,(H,16,17,18). The average Bonchev–Trinajstić information content (AvgIpc) is 3.02. The lowest BCUT2D eigenvalue weighted by molar-refractivity contribution is 0.811. The topological polar surface area (TPSA) is 55.6 Å². The Kier molecular flexibility index (Phi) is 3.41. The summed E-state index contributed by atoms with van der Waals surface area (Å²) >= 11 is 1.72. The molecule has 0 aromatic carbocycles. The zero-order valence-corrected chi connectivity index (χ0v) is 13.8. The van der Waals surface area contributed by atoms with Crippen molar-refractivity contribution in [1.29, 1.82) is 0 Å². The van der Waals surface area contributed by atoms with Gasteiger partial charge in [-0.1, -0.05) is 6.92 Å². The highest BCUT2D eigenvalue weighted by molar-refractivity contribution is 7.18. The second-order valence-corrected chi connectivity index (χ2v) is 6.23. The van der Waals surface area contributed by atoms with Crippen molar-refractivity contribution in [2.24, 2.45) is 0 Å². The molecule has 0 aliphatic rings. The smallest absolute Gasteiger partial charge is 0.225 e. The third-order valence-electron chi connectivity index (χ3n) is 3.85. The molecule has 0 aliphatic heterocycles. The van der Waals surface area contributed by atoms with E-state index in [0.29, 0.717) is 5.95 Å². The van der Waals surface area contributed by atoms with Crippen LogP contribution in [0.4, 0.5) is 5.95 Å². The Morgan fingerprint density at radius 3 is 2.57 bits per heavy atom. The Bertz CT molecular complexity index is 815. The molecule has 0 unspecified atom stereocenters. The Hall–Kier alpha value is -1.95. The second kappa shape index (κ2) is 5.11. The zero-order valence-electron chi connectivity index (χ0n) is 13.0. The number of hydrogen-bond acceptors (Lipinski definition) is 5. The number of fused-ring (bicyclic) bond motifs is 1. The summed E-state index contributed by atoms with van der Waals surface area (Å²) in [6.07, 6.45) is 1.01. The third kappa shape index (κ3) is 2.19.